The molecule has 70 heavy (non-hydrogen) atoms. The second-order valence-corrected chi connectivity index (χ2v) is 20.2. The Balaban J connectivity index is 4.32. The maximum atomic E-state index is 12.8. The molecule has 0 saturated carbocycles. The Labute approximate surface area is 434 Å². The summed E-state index contributed by atoms with van der Waals surface area (Å²) in [5.74, 6) is -0.936. The lowest BCUT2D eigenvalue weighted by molar-refractivity contribution is -0.167. The van der Waals surface area contributed by atoms with Crippen LogP contribution in [0.1, 0.15) is 310 Å². The van der Waals surface area contributed by atoms with Crippen molar-refractivity contribution < 1.29 is 28.6 Å². The molecule has 0 amide bonds. The summed E-state index contributed by atoms with van der Waals surface area (Å²) in [6.07, 6.45) is 73.8. The van der Waals surface area contributed by atoms with Crippen molar-refractivity contribution in [3.63, 3.8) is 0 Å². The van der Waals surface area contributed by atoms with E-state index in [4.69, 9.17) is 14.2 Å². The van der Waals surface area contributed by atoms with Gasteiger partial charge in [0.15, 0.2) is 6.10 Å². The van der Waals surface area contributed by atoms with Gasteiger partial charge >= 0.3 is 17.9 Å². The summed E-state index contributed by atoms with van der Waals surface area (Å²) in [6.45, 7) is 6.52. The minimum absolute atomic E-state index is 0.0927. The van der Waals surface area contributed by atoms with Gasteiger partial charge in [-0.1, -0.05) is 293 Å². The monoisotopic (exact) mass is 979 g/mol. The van der Waals surface area contributed by atoms with Crippen molar-refractivity contribution in [3.05, 3.63) is 60.8 Å². The number of ether oxygens (including phenoxy) is 3. The third kappa shape index (κ3) is 56.0. The lowest BCUT2D eigenvalue weighted by Gasteiger charge is -2.18. The van der Waals surface area contributed by atoms with Gasteiger partial charge in [0.05, 0.1) is 0 Å². The molecule has 0 saturated heterocycles. The van der Waals surface area contributed by atoms with Crippen molar-refractivity contribution in [2.45, 2.75) is 316 Å². The summed E-state index contributed by atoms with van der Waals surface area (Å²) in [5.41, 5.74) is 0. The van der Waals surface area contributed by atoms with E-state index >= 15 is 0 Å². The predicted octanol–water partition coefficient (Wildman–Crippen LogP) is 20.4. The molecule has 0 aromatic heterocycles. The number of hydrogen-bond acceptors (Lipinski definition) is 6. The first-order valence-electron chi connectivity index (χ1n) is 30.3. The molecule has 1 atom stereocenters. The van der Waals surface area contributed by atoms with Crippen LogP contribution in [-0.2, 0) is 28.6 Å². The highest BCUT2D eigenvalue weighted by Gasteiger charge is 2.19. The Morgan fingerprint density at radius 1 is 0.300 bits per heavy atom. The fourth-order valence-corrected chi connectivity index (χ4v) is 8.78. The summed E-state index contributed by atoms with van der Waals surface area (Å²) in [7, 11) is 0. The van der Waals surface area contributed by atoms with E-state index in [1.54, 1.807) is 0 Å². The smallest absolute Gasteiger partial charge is 0.306 e. The highest BCUT2D eigenvalue weighted by molar-refractivity contribution is 5.71. The SMILES string of the molecule is CC/C=C\C/C=C\C/C=C\C/C=C\C/C=C\CCCC(=O)OC(COC(=O)CCCCCCCCCCCCCC)COC(=O)CCCCCCCCCCCCCCCCCCCCCCCCC. The third-order valence-corrected chi connectivity index (χ3v) is 13.3. The van der Waals surface area contributed by atoms with Crippen molar-refractivity contribution in [3.8, 4) is 0 Å². The van der Waals surface area contributed by atoms with Crippen LogP contribution in [0.15, 0.2) is 60.8 Å². The summed E-state index contributed by atoms with van der Waals surface area (Å²) in [5, 5.41) is 0. The van der Waals surface area contributed by atoms with Gasteiger partial charge in [0, 0.05) is 19.3 Å². The first-order valence-corrected chi connectivity index (χ1v) is 30.3. The molecule has 406 valence electrons. The lowest BCUT2D eigenvalue weighted by Crippen LogP contribution is -2.30. The maximum Gasteiger partial charge on any atom is 0.306 e. The predicted molar refractivity (Wildman–Crippen MR) is 302 cm³/mol. The summed E-state index contributed by atoms with van der Waals surface area (Å²) in [4.78, 5) is 38.1. The van der Waals surface area contributed by atoms with Crippen molar-refractivity contribution in [2.75, 3.05) is 13.2 Å². The molecule has 0 N–H and O–H groups in total. The molecule has 6 heteroatoms. The van der Waals surface area contributed by atoms with Crippen LogP contribution >= 0.6 is 0 Å². The van der Waals surface area contributed by atoms with Crippen molar-refractivity contribution in [1.29, 1.82) is 0 Å². The first-order chi connectivity index (χ1) is 34.5. The Morgan fingerprint density at radius 3 is 0.857 bits per heavy atom. The van der Waals surface area contributed by atoms with Crippen LogP contribution in [0.3, 0.4) is 0 Å². The average Bonchev–Trinajstić information content (AvgIpc) is 3.36. The molecule has 0 rings (SSSR count). The van der Waals surface area contributed by atoms with E-state index in [2.05, 4.69) is 81.5 Å². The van der Waals surface area contributed by atoms with Crippen molar-refractivity contribution in [2.24, 2.45) is 0 Å². The average molecular weight is 980 g/mol. The molecule has 0 aromatic rings. The Bertz CT molecular complexity index is 1260. The fraction of sp³-hybridized carbons (Fsp3) is 0.797. The van der Waals surface area contributed by atoms with Crippen LogP contribution in [0.4, 0.5) is 0 Å². The zero-order chi connectivity index (χ0) is 50.7. The summed E-state index contributed by atoms with van der Waals surface area (Å²) in [6, 6.07) is 0. The number of carbonyl (C=O) groups is 3. The highest BCUT2D eigenvalue weighted by Crippen LogP contribution is 2.17. The quantitative estimate of drug-likeness (QED) is 0.0261. The molecule has 0 fully saturated rings. The zero-order valence-electron chi connectivity index (χ0n) is 46.5. The van der Waals surface area contributed by atoms with Gasteiger partial charge in [-0.2, -0.15) is 0 Å². The van der Waals surface area contributed by atoms with Crippen LogP contribution in [0.25, 0.3) is 0 Å². The van der Waals surface area contributed by atoms with Crippen LogP contribution < -0.4 is 0 Å². The van der Waals surface area contributed by atoms with Crippen LogP contribution in [0.5, 0.6) is 0 Å². The van der Waals surface area contributed by atoms with E-state index in [1.165, 1.54) is 186 Å². The minimum atomic E-state index is -0.801. The molecule has 6 nitrogen and oxygen atoms in total. The van der Waals surface area contributed by atoms with Crippen LogP contribution in [0, 0.1) is 0 Å². The maximum absolute atomic E-state index is 12.8. The number of hydrogen-bond donors (Lipinski definition) is 0. The van der Waals surface area contributed by atoms with E-state index in [-0.39, 0.29) is 37.5 Å². The number of esters is 3. The van der Waals surface area contributed by atoms with E-state index in [1.807, 2.05) is 0 Å². The number of allylic oxidation sites excluding steroid dienone is 10. The topological polar surface area (TPSA) is 78.9 Å². The van der Waals surface area contributed by atoms with E-state index < -0.39 is 6.10 Å². The summed E-state index contributed by atoms with van der Waals surface area (Å²) < 4.78 is 16.8. The second kappa shape index (κ2) is 58.7. The van der Waals surface area contributed by atoms with Crippen molar-refractivity contribution in [1.82, 2.24) is 0 Å². The van der Waals surface area contributed by atoms with Gasteiger partial charge in [0.2, 0.25) is 0 Å². The number of rotatable bonds is 55. The third-order valence-electron chi connectivity index (χ3n) is 13.3. The van der Waals surface area contributed by atoms with E-state index in [9.17, 15) is 14.4 Å². The van der Waals surface area contributed by atoms with Gasteiger partial charge in [0.25, 0.3) is 0 Å². The van der Waals surface area contributed by atoms with Crippen molar-refractivity contribution >= 4 is 17.9 Å². The number of carbonyl (C=O) groups excluding carboxylic acids is 3. The Hall–Kier alpha value is -2.89. The molecule has 0 bridgehead atoms. The first kappa shape index (κ1) is 67.1. The largest absolute Gasteiger partial charge is 0.462 e. The lowest BCUT2D eigenvalue weighted by atomic mass is 10.0. The molecule has 0 aliphatic carbocycles. The van der Waals surface area contributed by atoms with Gasteiger partial charge in [-0.3, -0.25) is 14.4 Å². The van der Waals surface area contributed by atoms with Gasteiger partial charge in [-0.15, -0.1) is 0 Å². The van der Waals surface area contributed by atoms with Gasteiger partial charge in [-0.25, -0.2) is 0 Å². The molecule has 0 aliphatic rings. The normalized spacial score (nSPS) is 12.4. The van der Waals surface area contributed by atoms with Crippen LogP contribution in [0.2, 0.25) is 0 Å². The van der Waals surface area contributed by atoms with Gasteiger partial charge in [0.1, 0.15) is 13.2 Å². The molecular weight excluding hydrogens is 865 g/mol. The molecule has 0 aliphatic heterocycles. The van der Waals surface area contributed by atoms with Gasteiger partial charge in [-0.05, 0) is 57.8 Å². The zero-order valence-corrected chi connectivity index (χ0v) is 46.5. The van der Waals surface area contributed by atoms with Gasteiger partial charge < -0.3 is 14.2 Å². The Kier molecular flexibility index (Phi) is 56.3. The molecule has 0 heterocycles. The minimum Gasteiger partial charge on any atom is -0.462 e. The fourth-order valence-electron chi connectivity index (χ4n) is 8.78. The van der Waals surface area contributed by atoms with E-state index in [0.717, 1.165) is 77.0 Å². The molecule has 0 aromatic carbocycles. The molecule has 1 unspecified atom stereocenters. The van der Waals surface area contributed by atoms with Crippen LogP contribution in [-0.4, -0.2) is 37.2 Å². The highest BCUT2D eigenvalue weighted by atomic mass is 16.6. The molecule has 0 radical (unpaired) electrons. The van der Waals surface area contributed by atoms with E-state index in [0.29, 0.717) is 19.3 Å². The standard InChI is InChI=1S/C64H114O6/c1-4-7-10-13-16-19-22-25-27-29-30-31-32-33-34-36-37-39-42-45-48-51-54-57-63(66)69-60-61(59-68-62(65)56-53-50-47-44-41-24-21-18-15-12-9-6-3)70-64(67)58-55-52-49-46-43-40-38-35-28-26-23-20-17-14-11-8-5-2/h8,11,17,20,26,28,38,40,46,49,61H,4-7,9-10,12-16,18-19,21-25,27,29-37,39,41-45,47-48,50-60H2,1-3H3/b11-8-,20-17-,28-26-,40-38-,49-46-. The molecule has 0 spiro atoms. The second-order valence-electron chi connectivity index (χ2n) is 20.2. The molecular formula is C64H114O6. The number of unbranched alkanes of at least 4 members (excludes halogenated alkanes) is 34. The summed E-state index contributed by atoms with van der Waals surface area (Å²) >= 11 is 0. The Morgan fingerprint density at radius 2 is 0.557 bits per heavy atom.